The molecule has 1 atom stereocenters. The molecule has 0 aliphatic heterocycles. The Labute approximate surface area is 123 Å². The fourth-order valence-corrected chi connectivity index (χ4v) is 2.99. The number of alkyl halides is 3. The van der Waals surface area contributed by atoms with E-state index in [0.717, 1.165) is 24.8 Å². The van der Waals surface area contributed by atoms with Crippen molar-refractivity contribution < 1.29 is 17.9 Å². The van der Waals surface area contributed by atoms with E-state index < -0.39 is 12.2 Å². The highest BCUT2D eigenvalue weighted by Crippen LogP contribution is 2.34. The van der Waals surface area contributed by atoms with Gasteiger partial charge in [0.25, 0.3) is 0 Å². The topological polar surface area (TPSA) is 21.3 Å². The van der Waals surface area contributed by atoms with Crippen LogP contribution >= 0.6 is 0 Å². The van der Waals surface area contributed by atoms with Crippen molar-refractivity contribution in [1.82, 2.24) is 5.32 Å². The van der Waals surface area contributed by atoms with Crippen LogP contribution in [0.15, 0.2) is 24.3 Å². The first-order valence-electron chi connectivity index (χ1n) is 7.43. The van der Waals surface area contributed by atoms with Crippen molar-refractivity contribution in [3.05, 3.63) is 29.8 Å². The fraction of sp³-hybridized carbons (Fsp3) is 0.625. The Morgan fingerprint density at radius 1 is 1.14 bits per heavy atom. The van der Waals surface area contributed by atoms with Gasteiger partial charge < -0.3 is 10.1 Å². The van der Waals surface area contributed by atoms with E-state index in [0.29, 0.717) is 18.6 Å². The largest absolute Gasteiger partial charge is 0.497 e. The number of hydrogen-bond donors (Lipinski definition) is 1. The molecule has 1 fully saturated rings. The minimum Gasteiger partial charge on any atom is -0.497 e. The second-order valence-corrected chi connectivity index (χ2v) is 5.65. The highest BCUT2D eigenvalue weighted by Gasteiger charge is 2.44. The summed E-state index contributed by atoms with van der Waals surface area (Å²) in [5, 5.41) is 2.72. The molecule has 21 heavy (non-hydrogen) atoms. The minimum atomic E-state index is -4.19. The first-order chi connectivity index (χ1) is 10.0. The van der Waals surface area contributed by atoms with E-state index in [1.54, 1.807) is 31.4 Å². The lowest BCUT2D eigenvalue weighted by molar-refractivity contribution is -0.170. The second kappa shape index (κ2) is 7.16. The molecule has 1 N–H and O–H groups in total. The number of nitrogens with one attached hydrogen (secondary N) is 1. The third kappa shape index (κ3) is 4.63. The molecule has 5 heteroatoms. The average Bonchev–Trinajstić information content (AvgIpc) is 2.48. The van der Waals surface area contributed by atoms with Crippen LogP contribution in [-0.4, -0.2) is 19.3 Å². The molecule has 0 radical (unpaired) electrons. The van der Waals surface area contributed by atoms with Crippen molar-refractivity contribution in [3.63, 3.8) is 0 Å². The van der Waals surface area contributed by atoms with Crippen molar-refractivity contribution in [3.8, 4) is 5.75 Å². The number of ether oxygens (including phenoxy) is 1. The van der Waals surface area contributed by atoms with Gasteiger partial charge in [0.1, 0.15) is 11.8 Å². The van der Waals surface area contributed by atoms with Crippen LogP contribution in [-0.2, 0) is 6.54 Å². The summed E-state index contributed by atoms with van der Waals surface area (Å²) in [7, 11) is 1.57. The number of rotatable bonds is 5. The minimum absolute atomic E-state index is 0.227. The Morgan fingerprint density at radius 3 is 2.29 bits per heavy atom. The van der Waals surface area contributed by atoms with Crippen LogP contribution in [0, 0.1) is 5.92 Å². The van der Waals surface area contributed by atoms with Crippen molar-refractivity contribution in [1.29, 1.82) is 0 Å². The Balaban J connectivity index is 1.97. The third-order valence-corrected chi connectivity index (χ3v) is 4.16. The highest BCUT2D eigenvalue weighted by atomic mass is 19.4. The average molecular weight is 301 g/mol. The number of halogens is 3. The molecule has 1 unspecified atom stereocenters. The molecular formula is C16H22F3NO. The summed E-state index contributed by atoms with van der Waals surface area (Å²) in [6, 6.07) is 5.71. The van der Waals surface area contributed by atoms with Gasteiger partial charge in [-0.3, -0.25) is 0 Å². The van der Waals surface area contributed by atoms with Crippen molar-refractivity contribution >= 4 is 0 Å². The van der Waals surface area contributed by atoms with Gasteiger partial charge in [-0.2, -0.15) is 13.2 Å². The first-order valence-corrected chi connectivity index (χ1v) is 7.43. The molecule has 0 amide bonds. The first kappa shape index (κ1) is 16.1. The molecule has 0 saturated heterocycles. The molecule has 1 aromatic carbocycles. The Hall–Kier alpha value is -1.23. The summed E-state index contributed by atoms with van der Waals surface area (Å²) < 4.78 is 44.8. The summed E-state index contributed by atoms with van der Waals surface area (Å²) >= 11 is 0. The summed E-state index contributed by atoms with van der Waals surface area (Å²) in [4.78, 5) is 0. The molecule has 0 aromatic heterocycles. The summed E-state index contributed by atoms with van der Waals surface area (Å²) in [5.41, 5.74) is 0.834. The molecule has 1 saturated carbocycles. The van der Waals surface area contributed by atoms with E-state index in [9.17, 15) is 13.2 Å². The van der Waals surface area contributed by atoms with Gasteiger partial charge in [0.2, 0.25) is 0 Å². The zero-order chi connectivity index (χ0) is 15.3. The summed E-state index contributed by atoms with van der Waals surface area (Å²) in [6.07, 6.45) is 0.0105. The number of hydrogen-bond acceptors (Lipinski definition) is 2. The van der Waals surface area contributed by atoms with Crippen LogP contribution in [0.1, 0.15) is 37.7 Å². The molecule has 0 spiro atoms. The van der Waals surface area contributed by atoms with Gasteiger partial charge in [-0.1, -0.05) is 31.4 Å². The van der Waals surface area contributed by atoms with Gasteiger partial charge >= 0.3 is 6.18 Å². The van der Waals surface area contributed by atoms with Crippen molar-refractivity contribution in [2.24, 2.45) is 5.92 Å². The fourth-order valence-electron chi connectivity index (χ4n) is 2.99. The lowest BCUT2D eigenvalue weighted by Crippen LogP contribution is -2.47. The van der Waals surface area contributed by atoms with Crippen LogP contribution in [0.5, 0.6) is 5.75 Å². The lowest BCUT2D eigenvalue weighted by atomic mass is 9.83. The van der Waals surface area contributed by atoms with E-state index >= 15 is 0 Å². The smallest absolute Gasteiger partial charge is 0.404 e. The van der Waals surface area contributed by atoms with Gasteiger partial charge in [0.15, 0.2) is 0 Å². The maximum absolute atomic E-state index is 13.2. The summed E-state index contributed by atoms with van der Waals surface area (Å²) in [5.74, 6) is 0.412. The van der Waals surface area contributed by atoms with Gasteiger partial charge in [-0.25, -0.2) is 0 Å². The molecule has 2 rings (SSSR count). The normalized spacial score (nSPS) is 18.5. The van der Waals surface area contributed by atoms with Crippen LogP contribution in [0.4, 0.5) is 13.2 Å². The molecule has 0 bridgehead atoms. The Morgan fingerprint density at radius 2 is 1.76 bits per heavy atom. The molecular weight excluding hydrogens is 279 g/mol. The van der Waals surface area contributed by atoms with E-state index in [4.69, 9.17) is 4.74 Å². The van der Waals surface area contributed by atoms with E-state index in [1.807, 2.05) is 0 Å². The predicted octanol–water partition coefficient (Wildman–Crippen LogP) is 4.30. The molecule has 2 nitrogen and oxygen atoms in total. The third-order valence-electron chi connectivity index (χ3n) is 4.16. The molecule has 1 aliphatic carbocycles. The number of benzene rings is 1. The molecule has 1 aromatic rings. The molecule has 1 aliphatic rings. The van der Waals surface area contributed by atoms with Gasteiger partial charge in [-0.15, -0.1) is 0 Å². The lowest BCUT2D eigenvalue weighted by Gasteiger charge is -2.32. The Kier molecular flexibility index (Phi) is 5.51. The standard InChI is InChI=1S/C16H22F3NO/c1-21-14-9-7-12(8-10-14)11-20-15(16(17,18)19)13-5-3-2-4-6-13/h7-10,13,15,20H,2-6,11H2,1H3. The summed E-state index contributed by atoms with van der Waals surface area (Å²) in [6.45, 7) is 0.227. The molecule has 0 heterocycles. The van der Waals surface area contributed by atoms with Crippen molar-refractivity contribution in [2.75, 3.05) is 7.11 Å². The van der Waals surface area contributed by atoms with Crippen LogP contribution in [0.2, 0.25) is 0 Å². The van der Waals surface area contributed by atoms with Crippen molar-refractivity contribution in [2.45, 2.75) is 50.9 Å². The van der Waals surface area contributed by atoms with E-state index in [2.05, 4.69) is 5.32 Å². The second-order valence-electron chi connectivity index (χ2n) is 5.65. The maximum Gasteiger partial charge on any atom is 0.404 e. The van der Waals surface area contributed by atoms with Gasteiger partial charge in [0.05, 0.1) is 7.11 Å². The SMILES string of the molecule is COc1ccc(CNC(C2CCCCC2)C(F)(F)F)cc1. The maximum atomic E-state index is 13.2. The zero-order valence-corrected chi connectivity index (χ0v) is 12.2. The number of methoxy groups -OCH3 is 1. The quantitative estimate of drug-likeness (QED) is 0.875. The Bertz CT molecular complexity index is 424. The zero-order valence-electron chi connectivity index (χ0n) is 12.2. The monoisotopic (exact) mass is 301 g/mol. The van der Waals surface area contributed by atoms with E-state index in [1.165, 1.54) is 0 Å². The van der Waals surface area contributed by atoms with Crippen LogP contribution in [0.3, 0.4) is 0 Å². The molecule has 118 valence electrons. The van der Waals surface area contributed by atoms with Crippen LogP contribution < -0.4 is 10.1 Å². The van der Waals surface area contributed by atoms with Gasteiger partial charge in [-0.05, 0) is 36.5 Å². The van der Waals surface area contributed by atoms with Gasteiger partial charge in [0, 0.05) is 6.54 Å². The predicted molar refractivity (Wildman–Crippen MR) is 76.3 cm³/mol. The highest BCUT2D eigenvalue weighted by molar-refractivity contribution is 5.27. The van der Waals surface area contributed by atoms with E-state index in [-0.39, 0.29) is 12.5 Å². The van der Waals surface area contributed by atoms with Crippen LogP contribution in [0.25, 0.3) is 0 Å².